The van der Waals surface area contributed by atoms with E-state index in [2.05, 4.69) is 20.5 Å². The van der Waals surface area contributed by atoms with E-state index in [-0.39, 0.29) is 0 Å². The van der Waals surface area contributed by atoms with Gasteiger partial charge < -0.3 is 5.32 Å². The largest absolute Gasteiger partial charge is 0.388 e. The number of fused-ring (bicyclic) bond motifs is 1. The Hall–Kier alpha value is -2.43. The van der Waals surface area contributed by atoms with Crippen molar-refractivity contribution in [3.05, 3.63) is 42.9 Å². The first-order valence-electron chi connectivity index (χ1n) is 5.32. The summed E-state index contributed by atoms with van der Waals surface area (Å²) in [7, 11) is 1.89. The van der Waals surface area contributed by atoms with Gasteiger partial charge in [-0.15, -0.1) is 10.2 Å². The van der Waals surface area contributed by atoms with Crippen LogP contribution >= 0.6 is 0 Å². The number of nitrogens with zero attached hydrogens (tertiary/aromatic N) is 4. The van der Waals surface area contributed by atoms with Crippen molar-refractivity contribution in [2.75, 3.05) is 12.4 Å². The third-order valence-electron chi connectivity index (χ3n) is 2.65. The van der Waals surface area contributed by atoms with E-state index in [1.54, 1.807) is 12.5 Å². The van der Waals surface area contributed by atoms with Crippen LogP contribution in [0, 0.1) is 0 Å². The van der Waals surface area contributed by atoms with Crippen LogP contribution in [0.1, 0.15) is 0 Å². The maximum Gasteiger partial charge on any atom is 0.171 e. The fourth-order valence-electron chi connectivity index (χ4n) is 1.83. The molecular weight excluding hydrogens is 214 g/mol. The Morgan fingerprint density at radius 3 is 2.88 bits per heavy atom. The standard InChI is InChI=1S/C12H11N5/c1-13-10-5-3-2-4-9(10)12-16-15-11-6-7-14-8-17(11)12/h2-8,13H,1H3. The fraction of sp³-hybridized carbons (Fsp3) is 0.0833. The minimum absolute atomic E-state index is 0.790. The maximum atomic E-state index is 4.21. The van der Waals surface area contributed by atoms with E-state index in [4.69, 9.17) is 0 Å². The number of anilines is 1. The van der Waals surface area contributed by atoms with Crippen LogP contribution in [-0.2, 0) is 0 Å². The summed E-state index contributed by atoms with van der Waals surface area (Å²) in [5.74, 6) is 0.790. The SMILES string of the molecule is CNc1ccccc1-c1nnc2ccncn12. The first-order chi connectivity index (χ1) is 8.40. The highest BCUT2D eigenvalue weighted by molar-refractivity contribution is 5.74. The van der Waals surface area contributed by atoms with Gasteiger partial charge in [-0.2, -0.15) is 0 Å². The highest BCUT2D eigenvalue weighted by atomic mass is 15.3. The molecule has 0 aliphatic heterocycles. The van der Waals surface area contributed by atoms with E-state index in [1.165, 1.54) is 0 Å². The van der Waals surface area contributed by atoms with Crippen LogP contribution in [-0.4, -0.2) is 26.6 Å². The van der Waals surface area contributed by atoms with Gasteiger partial charge in [0.15, 0.2) is 11.5 Å². The second kappa shape index (κ2) is 3.86. The predicted molar refractivity (Wildman–Crippen MR) is 65.8 cm³/mol. The molecule has 0 saturated heterocycles. The van der Waals surface area contributed by atoms with Gasteiger partial charge >= 0.3 is 0 Å². The lowest BCUT2D eigenvalue weighted by Crippen LogP contribution is -1.95. The van der Waals surface area contributed by atoms with Crippen LogP contribution in [0.25, 0.3) is 17.0 Å². The Morgan fingerprint density at radius 2 is 2.00 bits per heavy atom. The van der Waals surface area contributed by atoms with Gasteiger partial charge in [0.2, 0.25) is 0 Å². The van der Waals surface area contributed by atoms with E-state index < -0.39 is 0 Å². The topological polar surface area (TPSA) is 55.1 Å². The molecule has 0 fully saturated rings. The van der Waals surface area contributed by atoms with Crippen LogP contribution < -0.4 is 5.32 Å². The van der Waals surface area contributed by atoms with Crippen molar-refractivity contribution in [2.24, 2.45) is 0 Å². The molecule has 0 aliphatic carbocycles. The van der Waals surface area contributed by atoms with Gasteiger partial charge in [-0.1, -0.05) is 12.1 Å². The van der Waals surface area contributed by atoms with Crippen molar-refractivity contribution < 1.29 is 0 Å². The maximum absolute atomic E-state index is 4.21. The molecule has 0 amide bonds. The van der Waals surface area contributed by atoms with Crippen molar-refractivity contribution >= 4 is 11.3 Å². The third kappa shape index (κ3) is 1.52. The zero-order chi connectivity index (χ0) is 11.7. The molecule has 17 heavy (non-hydrogen) atoms. The summed E-state index contributed by atoms with van der Waals surface area (Å²) in [5, 5.41) is 11.5. The molecule has 5 nitrogen and oxygen atoms in total. The molecule has 5 heteroatoms. The highest BCUT2D eigenvalue weighted by Gasteiger charge is 2.10. The molecule has 0 aliphatic rings. The van der Waals surface area contributed by atoms with Crippen molar-refractivity contribution in [1.29, 1.82) is 0 Å². The van der Waals surface area contributed by atoms with E-state index in [0.717, 1.165) is 22.7 Å². The van der Waals surface area contributed by atoms with Gasteiger partial charge in [0.1, 0.15) is 6.33 Å². The molecule has 0 spiro atoms. The molecule has 0 radical (unpaired) electrons. The van der Waals surface area contributed by atoms with E-state index in [0.29, 0.717) is 0 Å². The normalized spacial score (nSPS) is 10.6. The minimum Gasteiger partial charge on any atom is -0.388 e. The summed E-state index contributed by atoms with van der Waals surface area (Å²) in [4.78, 5) is 4.09. The summed E-state index contributed by atoms with van der Waals surface area (Å²) in [6, 6.07) is 9.81. The molecule has 0 atom stereocenters. The zero-order valence-corrected chi connectivity index (χ0v) is 9.33. The molecule has 84 valence electrons. The van der Waals surface area contributed by atoms with Gasteiger partial charge in [0, 0.05) is 30.6 Å². The molecule has 2 heterocycles. The second-order valence-electron chi connectivity index (χ2n) is 3.63. The van der Waals surface area contributed by atoms with E-state index in [1.807, 2.05) is 41.8 Å². The first kappa shape index (κ1) is 9.77. The first-order valence-corrected chi connectivity index (χ1v) is 5.32. The quantitative estimate of drug-likeness (QED) is 0.723. The molecule has 0 unspecified atom stereocenters. The summed E-state index contributed by atoms with van der Waals surface area (Å²) >= 11 is 0. The molecule has 0 saturated carbocycles. The Bertz CT molecular complexity index is 659. The lowest BCUT2D eigenvalue weighted by atomic mass is 10.1. The van der Waals surface area contributed by atoms with Crippen LogP contribution in [0.2, 0.25) is 0 Å². The van der Waals surface area contributed by atoms with Crippen LogP contribution in [0.5, 0.6) is 0 Å². The lowest BCUT2D eigenvalue weighted by Gasteiger charge is -2.06. The summed E-state index contributed by atoms with van der Waals surface area (Å²) in [6.07, 6.45) is 3.43. The Labute approximate surface area is 98.1 Å². The number of aromatic nitrogens is 4. The molecule has 1 N–H and O–H groups in total. The highest BCUT2D eigenvalue weighted by Crippen LogP contribution is 2.25. The van der Waals surface area contributed by atoms with E-state index in [9.17, 15) is 0 Å². The molecular formula is C12H11N5. The number of para-hydroxylation sites is 1. The van der Waals surface area contributed by atoms with Crippen molar-refractivity contribution in [2.45, 2.75) is 0 Å². The Balaban J connectivity index is 2.27. The van der Waals surface area contributed by atoms with Crippen LogP contribution in [0.15, 0.2) is 42.9 Å². The zero-order valence-electron chi connectivity index (χ0n) is 9.33. The summed E-state index contributed by atoms with van der Waals surface area (Å²) in [5.41, 5.74) is 2.82. The Morgan fingerprint density at radius 1 is 1.12 bits per heavy atom. The summed E-state index contributed by atoms with van der Waals surface area (Å²) < 4.78 is 1.87. The molecule has 0 bridgehead atoms. The monoisotopic (exact) mass is 225 g/mol. The number of hydrogen-bond acceptors (Lipinski definition) is 4. The predicted octanol–water partition coefficient (Wildman–Crippen LogP) is 1.83. The fourth-order valence-corrected chi connectivity index (χ4v) is 1.83. The van der Waals surface area contributed by atoms with Gasteiger partial charge in [0.25, 0.3) is 0 Å². The third-order valence-corrected chi connectivity index (χ3v) is 2.65. The minimum atomic E-state index is 0.790. The van der Waals surface area contributed by atoms with Gasteiger partial charge in [-0.3, -0.25) is 4.40 Å². The average Bonchev–Trinajstić information content (AvgIpc) is 2.82. The van der Waals surface area contributed by atoms with Gasteiger partial charge in [0.05, 0.1) is 0 Å². The van der Waals surface area contributed by atoms with Crippen LogP contribution in [0.3, 0.4) is 0 Å². The number of hydrogen-bond donors (Lipinski definition) is 1. The summed E-state index contributed by atoms with van der Waals surface area (Å²) in [6.45, 7) is 0. The van der Waals surface area contributed by atoms with Crippen molar-refractivity contribution in [1.82, 2.24) is 19.6 Å². The smallest absolute Gasteiger partial charge is 0.171 e. The second-order valence-corrected chi connectivity index (χ2v) is 3.63. The van der Waals surface area contributed by atoms with Crippen molar-refractivity contribution in [3.63, 3.8) is 0 Å². The molecule has 1 aromatic carbocycles. The number of rotatable bonds is 2. The molecule has 2 aromatic heterocycles. The average molecular weight is 225 g/mol. The van der Waals surface area contributed by atoms with Crippen molar-refractivity contribution in [3.8, 4) is 11.4 Å². The lowest BCUT2D eigenvalue weighted by molar-refractivity contribution is 1.08. The van der Waals surface area contributed by atoms with Crippen LogP contribution in [0.4, 0.5) is 5.69 Å². The Kier molecular flexibility index (Phi) is 2.22. The number of benzene rings is 1. The molecule has 3 aromatic rings. The van der Waals surface area contributed by atoms with Gasteiger partial charge in [-0.05, 0) is 12.1 Å². The molecule has 3 rings (SSSR count). The number of nitrogens with one attached hydrogen (secondary N) is 1. The van der Waals surface area contributed by atoms with Gasteiger partial charge in [-0.25, -0.2) is 4.98 Å². The van der Waals surface area contributed by atoms with E-state index >= 15 is 0 Å².